The van der Waals surface area contributed by atoms with Crippen molar-refractivity contribution in [2.45, 2.75) is 89.1 Å². The van der Waals surface area contributed by atoms with Crippen LogP contribution in [-0.4, -0.2) is 43.8 Å². The van der Waals surface area contributed by atoms with E-state index in [1.165, 1.54) is 11.1 Å². The highest BCUT2D eigenvalue weighted by molar-refractivity contribution is 5.95. The normalized spacial score (nSPS) is 23.5. The zero-order chi connectivity index (χ0) is 30.6. The second kappa shape index (κ2) is 13.4. The lowest BCUT2D eigenvalue weighted by Gasteiger charge is -2.36. The van der Waals surface area contributed by atoms with Gasteiger partial charge in [-0.3, -0.25) is 4.79 Å². The molecule has 0 radical (unpaired) electrons. The van der Waals surface area contributed by atoms with Gasteiger partial charge in [-0.25, -0.2) is 9.78 Å². The van der Waals surface area contributed by atoms with E-state index in [0.29, 0.717) is 50.0 Å². The fraction of sp³-hybridized carbons (Fsp3) is 0.528. The van der Waals surface area contributed by atoms with E-state index < -0.39 is 6.09 Å². The summed E-state index contributed by atoms with van der Waals surface area (Å²) in [5.74, 6) is 3.25. The summed E-state index contributed by atoms with van der Waals surface area (Å²) in [6.45, 7) is 2.81. The Hall–Kier alpha value is -3.81. The molecule has 8 nitrogen and oxygen atoms in total. The summed E-state index contributed by atoms with van der Waals surface area (Å²) in [7, 11) is 3.29. The van der Waals surface area contributed by atoms with Crippen LogP contribution in [0.3, 0.4) is 0 Å². The van der Waals surface area contributed by atoms with Crippen molar-refractivity contribution < 1.29 is 23.5 Å². The molecule has 0 spiro atoms. The van der Waals surface area contributed by atoms with Gasteiger partial charge in [0.05, 0.1) is 7.11 Å². The summed E-state index contributed by atoms with van der Waals surface area (Å²) in [5.41, 5.74) is 5.27. The number of aromatic nitrogens is 1. The van der Waals surface area contributed by atoms with Crippen LogP contribution >= 0.6 is 0 Å². The van der Waals surface area contributed by atoms with E-state index in [1.807, 2.05) is 17.0 Å². The minimum absolute atomic E-state index is 0.0877. The van der Waals surface area contributed by atoms with E-state index in [9.17, 15) is 9.59 Å². The number of amides is 2. The molecule has 0 saturated heterocycles. The average Bonchev–Trinajstić information content (AvgIpc) is 3.79. The Kier molecular flexibility index (Phi) is 9.24. The monoisotopic (exact) mass is 599 g/mol. The fourth-order valence-electron chi connectivity index (χ4n) is 7.04. The molecule has 0 unspecified atom stereocenters. The first-order valence-electron chi connectivity index (χ1n) is 16.3. The predicted octanol–water partition coefficient (Wildman–Crippen LogP) is 7.76. The van der Waals surface area contributed by atoms with Crippen molar-refractivity contribution in [2.75, 3.05) is 25.6 Å². The SMILES string of the molecule is CNC(=O)OC1CCC(C(=O)N(CC2CCC(c3ccc(OC)c(C)c3)CC2)c2cccc(-c3coc(C4CC4)n3)c2)CC1. The smallest absolute Gasteiger partial charge is 0.407 e. The number of benzene rings is 2. The second-order valence-corrected chi connectivity index (χ2v) is 12.9. The number of hydrogen-bond acceptors (Lipinski definition) is 6. The number of anilines is 1. The third-order valence-corrected chi connectivity index (χ3v) is 9.85. The zero-order valence-electron chi connectivity index (χ0n) is 26.2. The highest BCUT2D eigenvalue weighted by Gasteiger charge is 2.34. The lowest BCUT2D eigenvalue weighted by molar-refractivity contribution is -0.124. The van der Waals surface area contributed by atoms with Gasteiger partial charge in [0.25, 0.3) is 0 Å². The van der Waals surface area contributed by atoms with E-state index in [0.717, 1.165) is 67.1 Å². The summed E-state index contributed by atoms with van der Waals surface area (Å²) < 4.78 is 16.7. The molecule has 3 aliphatic rings. The Bertz CT molecular complexity index is 1450. The summed E-state index contributed by atoms with van der Waals surface area (Å²) in [6, 6.07) is 14.8. The van der Waals surface area contributed by atoms with E-state index in [-0.39, 0.29) is 17.9 Å². The Morgan fingerprint density at radius 3 is 2.39 bits per heavy atom. The van der Waals surface area contributed by atoms with E-state index in [2.05, 4.69) is 42.6 Å². The van der Waals surface area contributed by atoms with Crippen LogP contribution in [0.15, 0.2) is 53.1 Å². The van der Waals surface area contributed by atoms with Crippen LogP contribution < -0.4 is 15.0 Å². The molecule has 234 valence electrons. The lowest BCUT2D eigenvalue weighted by atomic mass is 9.78. The highest BCUT2D eigenvalue weighted by atomic mass is 16.6. The van der Waals surface area contributed by atoms with Crippen molar-refractivity contribution in [1.82, 2.24) is 10.3 Å². The van der Waals surface area contributed by atoms with Gasteiger partial charge >= 0.3 is 6.09 Å². The molecule has 0 atom stereocenters. The number of nitrogens with zero attached hydrogens (tertiary/aromatic N) is 2. The number of ether oxygens (including phenoxy) is 2. The van der Waals surface area contributed by atoms with Crippen molar-refractivity contribution >= 4 is 17.7 Å². The Morgan fingerprint density at radius 1 is 0.955 bits per heavy atom. The van der Waals surface area contributed by atoms with Gasteiger partial charge in [0.15, 0.2) is 5.89 Å². The first kappa shape index (κ1) is 30.2. The molecule has 3 aromatic rings. The van der Waals surface area contributed by atoms with E-state index in [1.54, 1.807) is 20.4 Å². The number of aryl methyl sites for hydroxylation is 1. The maximum absolute atomic E-state index is 14.3. The molecule has 0 aliphatic heterocycles. The van der Waals surface area contributed by atoms with Crippen LogP contribution in [0.4, 0.5) is 10.5 Å². The van der Waals surface area contributed by atoms with E-state index in [4.69, 9.17) is 18.9 Å². The minimum atomic E-state index is -0.406. The lowest BCUT2D eigenvalue weighted by Crippen LogP contribution is -2.42. The first-order valence-corrected chi connectivity index (χ1v) is 16.3. The molecule has 2 amide bonds. The van der Waals surface area contributed by atoms with Gasteiger partial charge in [0.2, 0.25) is 5.91 Å². The molecule has 0 bridgehead atoms. The van der Waals surface area contributed by atoms with Crippen LogP contribution in [0.2, 0.25) is 0 Å². The van der Waals surface area contributed by atoms with Gasteiger partial charge in [-0.15, -0.1) is 0 Å². The maximum Gasteiger partial charge on any atom is 0.407 e. The van der Waals surface area contributed by atoms with Crippen LogP contribution in [0.5, 0.6) is 5.75 Å². The highest BCUT2D eigenvalue weighted by Crippen LogP contribution is 2.41. The number of oxazole rings is 1. The summed E-state index contributed by atoms with van der Waals surface area (Å²) in [4.78, 5) is 32.8. The van der Waals surface area contributed by atoms with Crippen LogP contribution in [0, 0.1) is 18.8 Å². The zero-order valence-corrected chi connectivity index (χ0v) is 26.2. The average molecular weight is 600 g/mol. The molecule has 1 heterocycles. The number of methoxy groups -OCH3 is 1. The molecular formula is C36H45N3O5. The van der Waals surface area contributed by atoms with Crippen LogP contribution in [0.1, 0.15) is 93.1 Å². The second-order valence-electron chi connectivity index (χ2n) is 12.9. The van der Waals surface area contributed by atoms with Gasteiger partial charge in [-0.2, -0.15) is 0 Å². The number of rotatable bonds is 9. The molecule has 3 saturated carbocycles. The number of alkyl carbamates (subject to hydrolysis) is 1. The minimum Gasteiger partial charge on any atom is -0.496 e. The quantitative estimate of drug-likeness (QED) is 0.270. The van der Waals surface area contributed by atoms with Crippen LogP contribution in [0.25, 0.3) is 11.3 Å². The maximum atomic E-state index is 14.3. The topological polar surface area (TPSA) is 93.9 Å². The molecule has 3 fully saturated rings. The Balaban J connectivity index is 1.17. The number of nitrogens with one attached hydrogen (secondary N) is 1. The van der Waals surface area contributed by atoms with Crippen LogP contribution in [-0.2, 0) is 9.53 Å². The van der Waals surface area contributed by atoms with Gasteiger partial charge < -0.3 is 24.1 Å². The number of carbonyl (C=O) groups is 2. The van der Waals surface area contributed by atoms with E-state index >= 15 is 0 Å². The molecule has 6 rings (SSSR count). The van der Waals surface area contributed by atoms with Gasteiger partial charge in [-0.1, -0.05) is 24.3 Å². The fourth-order valence-corrected chi connectivity index (χ4v) is 7.04. The predicted molar refractivity (Wildman–Crippen MR) is 170 cm³/mol. The summed E-state index contributed by atoms with van der Waals surface area (Å²) in [6.07, 6.45) is 10.7. The molecular weight excluding hydrogens is 554 g/mol. The third-order valence-electron chi connectivity index (χ3n) is 9.85. The van der Waals surface area contributed by atoms with Gasteiger partial charge in [-0.05, 0) is 112 Å². The standard InChI is InChI=1S/C36H45N3O5/c1-23-19-28(15-18-33(23)42-3)25-9-7-24(8-10-25)21-39(35(40)27-13-16-31(17-14-27)44-36(41)37-2)30-6-4-5-29(20-30)32-22-43-34(38-32)26-11-12-26/h4-6,15,18-20,22,24-27,31H,7-14,16-17,21H2,1-3H3,(H,37,41). The van der Waals surface area contributed by atoms with Gasteiger partial charge in [0, 0.05) is 36.7 Å². The van der Waals surface area contributed by atoms with Gasteiger partial charge in [0.1, 0.15) is 23.8 Å². The molecule has 1 aromatic heterocycles. The number of hydrogen-bond donors (Lipinski definition) is 1. The number of carbonyl (C=O) groups excluding carboxylic acids is 2. The van der Waals surface area contributed by atoms with Crippen molar-refractivity contribution in [3.8, 4) is 17.0 Å². The third kappa shape index (κ3) is 6.95. The largest absolute Gasteiger partial charge is 0.496 e. The van der Waals surface area contributed by atoms with Crippen molar-refractivity contribution in [1.29, 1.82) is 0 Å². The molecule has 2 aromatic carbocycles. The molecule has 1 N–H and O–H groups in total. The summed E-state index contributed by atoms with van der Waals surface area (Å²) in [5, 5.41) is 2.53. The molecule has 3 aliphatic carbocycles. The molecule has 8 heteroatoms. The van der Waals surface area contributed by atoms with Crippen molar-refractivity contribution in [3.63, 3.8) is 0 Å². The first-order chi connectivity index (χ1) is 21.4. The van der Waals surface area contributed by atoms with Crippen molar-refractivity contribution in [2.24, 2.45) is 11.8 Å². The summed E-state index contributed by atoms with van der Waals surface area (Å²) >= 11 is 0. The Morgan fingerprint density at radius 2 is 1.70 bits per heavy atom. The molecule has 44 heavy (non-hydrogen) atoms. The van der Waals surface area contributed by atoms with Crippen molar-refractivity contribution in [3.05, 3.63) is 65.7 Å². The Labute approximate surface area is 260 Å².